The summed E-state index contributed by atoms with van der Waals surface area (Å²) in [6.07, 6.45) is 5.49. The molecule has 0 atom stereocenters. The zero-order chi connectivity index (χ0) is 14.9. The molecule has 4 rings (SSSR count). The molecule has 0 spiro atoms. The van der Waals surface area contributed by atoms with E-state index in [0.717, 1.165) is 29.2 Å². The minimum atomic E-state index is 0.738. The SMILES string of the molecule is Cc1nccc2c1nnn2-c1nccn1Cc1ccccc1. The number of fused-ring (bicyclic) bond motifs is 1. The number of hydrogen-bond acceptors (Lipinski definition) is 4. The number of rotatable bonds is 3. The molecule has 22 heavy (non-hydrogen) atoms. The van der Waals surface area contributed by atoms with Crippen molar-refractivity contribution in [3.63, 3.8) is 0 Å². The Kier molecular flexibility index (Phi) is 2.93. The number of aromatic nitrogens is 6. The van der Waals surface area contributed by atoms with E-state index in [9.17, 15) is 0 Å². The number of aryl methyl sites for hydroxylation is 1. The van der Waals surface area contributed by atoms with Gasteiger partial charge >= 0.3 is 0 Å². The van der Waals surface area contributed by atoms with Crippen molar-refractivity contribution < 1.29 is 0 Å². The molecule has 0 N–H and O–H groups in total. The summed E-state index contributed by atoms with van der Waals surface area (Å²) in [6, 6.07) is 12.2. The van der Waals surface area contributed by atoms with Crippen molar-refractivity contribution in [1.29, 1.82) is 0 Å². The molecular formula is C16H14N6. The van der Waals surface area contributed by atoms with Crippen molar-refractivity contribution in [2.75, 3.05) is 0 Å². The molecule has 0 radical (unpaired) electrons. The fourth-order valence-electron chi connectivity index (χ4n) is 2.53. The van der Waals surface area contributed by atoms with Gasteiger partial charge in [0.15, 0.2) is 0 Å². The van der Waals surface area contributed by atoms with Crippen molar-refractivity contribution in [2.45, 2.75) is 13.5 Å². The first-order valence-corrected chi connectivity index (χ1v) is 7.05. The van der Waals surface area contributed by atoms with Crippen LogP contribution in [0, 0.1) is 6.92 Å². The van der Waals surface area contributed by atoms with Crippen LogP contribution in [0.3, 0.4) is 0 Å². The third-order valence-corrected chi connectivity index (χ3v) is 3.63. The van der Waals surface area contributed by atoms with Crippen molar-refractivity contribution >= 4 is 11.0 Å². The van der Waals surface area contributed by atoms with Crippen LogP contribution in [-0.4, -0.2) is 29.5 Å². The summed E-state index contributed by atoms with van der Waals surface area (Å²) in [5, 5.41) is 8.46. The summed E-state index contributed by atoms with van der Waals surface area (Å²) in [5.74, 6) is 0.747. The van der Waals surface area contributed by atoms with E-state index in [2.05, 4.69) is 37.0 Å². The van der Waals surface area contributed by atoms with E-state index < -0.39 is 0 Å². The van der Waals surface area contributed by atoms with Gasteiger partial charge in [0.05, 0.1) is 12.2 Å². The molecule has 0 fully saturated rings. The maximum atomic E-state index is 4.44. The Morgan fingerprint density at radius 1 is 1.00 bits per heavy atom. The van der Waals surface area contributed by atoms with Crippen LogP contribution in [0.1, 0.15) is 11.3 Å². The van der Waals surface area contributed by atoms with Crippen LogP contribution < -0.4 is 0 Å². The van der Waals surface area contributed by atoms with E-state index in [0.29, 0.717) is 0 Å². The third kappa shape index (κ3) is 2.05. The second-order valence-electron chi connectivity index (χ2n) is 5.11. The van der Waals surface area contributed by atoms with Crippen LogP contribution >= 0.6 is 0 Å². The highest BCUT2D eigenvalue weighted by atomic mass is 15.5. The molecule has 6 heteroatoms. The van der Waals surface area contributed by atoms with Crippen LogP contribution in [0.4, 0.5) is 0 Å². The van der Waals surface area contributed by atoms with Crippen LogP contribution in [-0.2, 0) is 6.54 Å². The molecule has 0 aliphatic heterocycles. The van der Waals surface area contributed by atoms with Gasteiger partial charge in [0.2, 0.25) is 5.95 Å². The summed E-state index contributed by atoms with van der Waals surface area (Å²) >= 11 is 0. The Hall–Kier alpha value is -3.02. The predicted octanol–water partition coefficient (Wildman–Crippen LogP) is 2.37. The van der Waals surface area contributed by atoms with Crippen molar-refractivity contribution in [3.05, 3.63) is 66.2 Å². The molecule has 0 aliphatic rings. The lowest BCUT2D eigenvalue weighted by atomic mass is 10.2. The zero-order valence-electron chi connectivity index (χ0n) is 12.1. The molecule has 6 nitrogen and oxygen atoms in total. The smallest absolute Gasteiger partial charge is 0.233 e. The molecule has 0 saturated heterocycles. The van der Waals surface area contributed by atoms with Crippen LogP contribution in [0.5, 0.6) is 0 Å². The number of nitrogens with zero attached hydrogens (tertiary/aromatic N) is 6. The molecule has 4 aromatic rings. The van der Waals surface area contributed by atoms with Gasteiger partial charge in [-0.25, -0.2) is 4.98 Å². The normalized spacial score (nSPS) is 11.1. The average molecular weight is 290 g/mol. The van der Waals surface area contributed by atoms with E-state index in [1.807, 2.05) is 37.4 Å². The van der Waals surface area contributed by atoms with E-state index in [1.54, 1.807) is 17.1 Å². The molecule has 0 aliphatic carbocycles. The third-order valence-electron chi connectivity index (χ3n) is 3.63. The molecule has 0 amide bonds. The van der Waals surface area contributed by atoms with Crippen molar-refractivity contribution in [1.82, 2.24) is 29.5 Å². The highest BCUT2D eigenvalue weighted by Gasteiger charge is 2.13. The van der Waals surface area contributed by atoms with Crippen LogP contribution in [0.25, 0.3) is 17.0 Å². The number of imidazole rings is 1. The van der Waals surface area contributed by atoms with Gasteiger partial charge in [0.1, 0.15) is 11.0 Å². The molecule has 108 valence electrons. The van der Waals surface area contributed by atoms with E-state index in [1.165, 1.54) is 5.56 Å². The molecular weight excluding hydrogens is 276 g/mol. The Morgan fingerprint density at radius 2 is 1.86 bits per heavy atom. The van der Waals surface area contributed by atoms with E-state index in [-0.39, 0.29) is 0 Å². The Bertz CT molecular complexity index is 922. The largest absolute Gasteiger partial charge is 0.311 e. The molecule has 1 aromatic carbocycles. The summed E-state index contributed by atoms with van der Waals surface area (Å²) in [4.78, 5) is 8.69. The molecule has 3 aromatic heterocycles. The second-order valence-corrected chi connectivity index (χ2v) is 5.11. The summed E-state index contributed by atoms with van der Waals surface area (Å²) in [7, 11) is 0. The quantitative estimate of drug-likeness (QED) is 0.581. The topological polar surface area (TPSA) is 61.4 Å². The average Bonchev–Trinajstić information content (AvgIpc) is 3.15. The first-order valence-electron chi connectivity index (χ1n) is 7.05. The Labute approximate surface area is 127 Å². The maximum Gasteiger partial charge on any atom is 0.233 e. The van der Waals surface area contributed by atoms with E-state index >= 15 is 0 Å². The number of benzene rings is 1. The van der Waals surface area contributed by atoms with Gasteiger partial charge in [-0.15, -0.1) is 5.10 Å². The van der Waals surface area contributed by atoms with Gasteiger partial charge in [-0.05, 0) is 18.6 Å². The van der Waals surface area contributed by atoms with Gasteiger partial charge in [-0.3, -0.25) is 4.98 Å². The molecule has 0 bridgehead atoms. The highest BCUT2D eigenvalue weighted by molar-refractivity contribution is 5.77. The standard InChI is InChI=1S/C16H14N6/c1-12-15-14(7-8-17-12)22(20-19-15)16-18-9-10-21(16)11-13-5-3-2-4-6-13/h2-10H,11H2,1H3. The fraction of sp³-hybridized carbons (Fsp3) is 0.125. The lowest BCUT2D eigenvalue weighted by Crippen LogP contribution is -2.08. The van der Waals surface area contributed by atoms with Gasteiger partial charge in [-0.2, -0.15) is 4.68 Å². The summed E-state index contributed by atoms with van der Waals surface area (Å²) in [5.41, 5.74) is 3.79. The monoisotopic (exact) mass is 290 g/mol. The number of hydrogen-bond donors (Lipinski definition) is 0. The zero-order valence-corrected chi connectivity index (χ0v) is 12.1. The maximum absolute atomic E-state index is 4.44. The minimum absolute atomic E-state index is 0.738. The fourth-order valence-corrected chi connectivity index (χ4v) is 2.53. The lowest BCUT2D eigenvalue weighted by molar-refractivity contribution is 0.695. The van der Waals surface area contributed by atoms with Crippen molar-refractivity contribution in [2.24, 2.45) is 0 Å². The van der Waals surface area contributed by atoms with Gasteiger partial charge in [0.25, 0.3) is 0 Å². The number of pyridine rings is 1. The molecule has 0 saturated carbocycles. The molecule has 0 unspecified atom stereocenters. The Balaban J connectivity index is 1.80. The minimum Gasteiger partial charge on any atom is -0.311 e. The highest BCUT2D eigenvalue weighted by Crippen LogP contribution is 2.17. The van der Waals surface area contributed by atoms with Crippen LogP contribution in [0.2, 0.25) is 0 Å². The predicted molar refractivity (Wildman–Crippen MR) is 82.7 cm³/mol. The Morgan fingerprint density at radius 3 is 2.73 bits per heavy atom. The first kappa shape index (κ1) is 12.7. The van der Waals surface area contributed by atoms with Crippen LogP contribution in [0.15, 0.2) is 55.0 Å². The molecule has 3 heterocycles. The first-order chi connectivity index (χ1) is 10.8. The van der Waals surface area contributed by atoms with Gasteiger partial charge in [-0.1, -0.05) is 35.5 Å². The van der Waals surface area contributed by atoms with E-state index in [4.69, 9.17) is 0 Å². The lowest BCUT2D eigenvalue weighted by Gasteiger charge is -2.08. The second kappa shape index (κ2) is 5.07. The van der Waals surface area contributed by atoms with Gasteiger partial charge < -0.3 is 4.57 Å². The summed E-state index contributed by atoms with van der Waals surface area (Å²) < 4.78 is 3.81. The van der Waals surface area contributed by atoms with Crippen molar-refractivity contribution in [3.8, 4) is 5.95 Å². The summed E-state index contributed by atoms with van der Waals surface area (Å²) in [6.45, 7) is 2.67. The van der Waals surface area contributed by atoms with Gasteiger partial charge in [0, 0.05) is 18.6 Å².